The van der Waals surface area contributed by atoms with Crippen molar-refractivity contribution in [3.63, 3.8) is 0 Å². The predicted molar refractivity (Wildman–Crippen MR) is 65.9 cm³/mol. The van der Waals surface area contributed by atoms with E-state index in [4.69, 9.17) is 4.74 Å². The molecule has 92 valence electrons. The molecule has 0 saturated carbocycles. The molecule has 0 N–H and O–H groups in total. The molecule has 2 nitrogen and oxygen atoms in total. The normalized spacial score (nSPS) is 10.1. The van der Waals surface area contributed by atoms with E-state index in [1.165, 1.54) is 19.2 Å². The van der Waals surface area contributed by atoms with Gasteiger partial charge in [0.1, 0.15) is 0 Å². The zero-order valence-corrected chi connectivity index (χ0v) is 10.3. The summed E-state index contributed by atoms with van der Waals surface area (Å²) >= 11 is 0. The Bertz CT molecular complexity index is 424. The van der Waals surface area contributed by atoms with Crippen molar-refractivity contribution in [3.8, 4) is 5.75 Å². The number of methoxy groups -OCH3 is 1. The number of halogens is 1. The van der Waals surface area contributed by atoms with Crippen molar-refractivity contribution in [2.75, 3.05) is 7.11 Å². The Balaban J connectivity index is 2.82. The molecule has 0 aliphatic carbocycles. The van der Waals surface area contributed by atoms with E-state index < -0.39 is 5.82 Å². The maximum atomic E-state index is 13.4. The number of carbonyl (C=O) groups excluding carboxylic acids is 1. The molecule has 0 aromatic heterocycles. The minimum atomic E-state index is -0.526. The number of allylic oxidation sites excluding steroid dienone is 1. The number of ketones is 1. The number of unbranched alkanes of at least 4 members (excludes halogenated alkanes) is 1. The van der Waals surface area contributed by atoms with Crippen LogP contribution in [0.5, 0.6) is 5.75 Å². The van der Waals surface area contributed by atoms with E-state index in [1.807, 2.05) is 6.92 Å². The number of carbonyl (C=O) groups is 1. The first-order valence-electron chi connectivity index (χ1n) is 5.66. The van der Waals surface area contributed by atoms with Gasteiger partial charge < -0.3 is 4.74 Å². The predicted octanol–water partition coefficient (Wildman–Crippen LogP) is 3.76. The Labute approximate surface area is 101 Å². The first-order chi connectivity index (χ1) is 8.10. The molecule has 3 heteroatoms. The zero-order chi connectivity index (χ0) is 12.8. The van der Waals surface area contributed by atoms with Crippen LogP contribution in [0.4, 0.5) is 4.39 Å². The lowest BCUT2D eigenvalue weighted by Crippen LogP contribution is -2.03. The smallest absolute Gasteiger partial charge is 0.188 e. The molecule has 0 amide bonds. The van der Waals surface area contributed by atoms with E-state index >= 15 is 0 Å². The summed E-state index contributed by atoms with van der Waals surface area (Å²) in [6.45, 7) is 5.78. The third-order valence-corrected chi connectivity index (χ3v) is 2.57. The van der Waals surface area contributed by atoms with Crippen LogP contribution >= 0.6 is 0 Å². The third-order valence-electron chi connectivity index (χ3n) is 2.57. The van der Waals surface area contributed by atoms with Crippen molar-refractivity contribution in [2.24, 2.45) is 0 Å². The summed E-state index contributed by atoms with van der Waals surface area (Å²) in [5.74, 6) is -0.581. The van der Waals surface area contributed by atoms with Crippen LogP contribution in [0.3, 0.4) is 0 Å². The molecule has 17 heavy (non-hydrogen) atoms. The Morgan fingerprint density at radius 3 is 2.71 bits per heavy atom. The molecule has 0 saturated heterocycles. The zero-order valence-electron chi connectivity index (χ0n) is 10.3. The Kier molecular flexibility index (Phi) is 4.88. The highest BCUT2D eigenvalue weighted by Gasteiger charge is 2.12. The molecule has 0 aliphatic heterocycles. The molecule has 0 unspecified atom stereocenters. The third kappa shape index (κ3) is 3.41. The van der Waals surface area contributed by atoms with E-state index in [0.29, 0.717) is 17.6 Å². The number of ether oxygens (including phenoxy) is 1. The van der Waals surface area contributed by atoms with Crippen molar-refractivity contribution in [1.82, 2.24) is 0 Å². The summed E-state index contributed by atoms with van der Waals surface area (Å²) in [5, 5.41) is 0. The molecular weight excluding hydrogens is 219 g/mol. The minimum Gasteiger partial charge on any atom is -0.494 e. The van der Waals surface area contributed by atoms with Gasteiger partial charge in [0.05, 0.1) is 7.11 Å². The van der Waals surface area contributed by atoms with Gasteiger partial charge in [0, 0.05) is 5.56 Å². The topological polar surface area (TPSA) is 26.3 Å². The molecule has 0 bridgehead atoms. The summed E-state index contributed by atoms with van der Waals surface area (Å²) in [5.41, 5.74) is 0.848. The second kappa shape index (κ2) is 6.18. The number of rotatable bonds is 6. The molecule has 0 radical (unpaired) electrons. The van der Waals surface area contributed by atoms with Crippen molar-refractivity contribution in [3.05, 3.63) is 41.7 Å². The van der Waals surface area contributed by atoms with Crippen LogP contribution in [0.2, 0.25) is 0 Å². The number of Topliss-reactive ketones (excluding diaryl/α,β-unsaturated/α-hetero) is 1. The van der Waals surface area contributed by atoms with Gasteiger partial charge >= 0.3 is 0 Å². The first-order valence-corrected chi connectivity index (χ1v) is 5.66. The van der Waals surface area contributed by atoms with Crippen LogP contribution in [-0.2, 0) is 0 Å². The summed E-state index contributed by atoms with van der Waals surface area (Å²) in [6, 6.07) is 4.20. The highest BCUT2D eigenvalue weighted by Crippen LogP contribution is 2.20. The monoisotopic (exact) mass is 236 g/mol. The fourth-order valence-corrected chi connectivity index (χ4v) is 1.52. The van der Waals surface area contributed by atoms with Crippen LogP contribution in [0, 0.1) is 5.82 Å². The minimum absolute atomic E-state index is 0.140. The molecule has 0 fully saturated rings. The maximum Gasteiger partial charge on any atom is 0.188 e. The van der Waals surface area contributed by atoms with E-state index in [0.717, 1.165) is 12.8 Å². The van der Waals surface area contributed by atoms with Gasteiger partial charge in [0.25, 0.3) is 0 Å². The van der Waals surface area contributed by atoms with E-state index in [1.54, 1.807) is 6.07 Å². The lowest BCUT2D eigenvalue weighted by Gasteiger charge is -2.06. The molecule has 0 spiro atoms. The largest absolute Gasteiger partial charge is 0.494 e. The van der Waals surface area contributed by atoms with Gasteiger partial charge in [-0.2, -0.15) is 0 Å². The Morgan fingerprint density at radius 1 is 1.47 bits per heavy atom. The Morgan fingerprint density at radius 2 is 2.18 bits per heavy atom. The SMILES string of the molecule is C=C(CCCC)C(=O)c1ccc(OC)c(F)c1. The standard InChI is InChI=1S/C14H17FO2/c1-4-5-6-10(2)14(16)11-7-8-13(17-3)12(15)9-11/h7-9H,2,4-6H2,1,3H3. The molecule has 1 aromatic carbocycles. The molecule has 0 heterocycles. The van der Waals surface area contributed by atoms with Gasteiger partial charge in [0.15, 0.2) is 17.3 Å². The van der Waals surface area contributed by atoms with Gasteiger partial charge in [0.2, 0.25) is 0 Å². The van der Waals surface area contributed by atoms with Crippen molar-refractivity contribution >= 4 is 5.78 Å². The summed E-state index contributed by atoms with van der Waals surface area (Å²) < 4.78 is 18.2. The second-order valence-corrected chi connectivity index (χ2v) is 3.89. The summed E-state index contributed by atoms with van der Waals surface area (Å²) in [7, 11) is 1.39. The van der Waals surface area contributed by atoms with Crippen molar-refractivity contribution in [1.29, 1.82) is 0 Å². The van der Waals surface area contributed by atoms with E-state index in [9.17, 15) is 9.18 Å². The van der Waals surface area contributed by atoms with E-state index in [-0.39, 0.29) is 11.5 Å². The number of hydrogen-bond donors (Lipinski definition) is 0. The lowest BCUT2D eigenvalue weighted by molar-refractivity contribution is 0.103. The highest BCUT2D eigenvalue weighted by molar-refractivity contribution is 6.08. The van der Waals surface area contributed by atoms with E-state index in [2.05, 4.69) is 6.58 Å². The molecule has 1 rings (SSSR count). The van der Waals surface area contributed by atoms with Gasteiger partial charge in [-0.3, -0.25) is 4.79 Å². The molecule has 1 aromatic rings. The fourth-order valence-electron chi connectivity index (χ4n) is 1.52. The molecule has 0 atom stereocenters. The number of hydrogen-bond acceptors (Lipinski definition) is 2. The van der Waals surface area contributed by atoms with Crippen LogP contribution in [0.15, 0.2) is 30.4 Å². The maximum absolute atomic E-state index is 13.4. The van der Waals surface area contributed by atoms with Gasteiger partial charge in [-0.1, -0.05) is 19.9 Å². The summed E-state index contributed by atoms with van der Waals surface area (Å²) in [6.07, 6.45) is 2.58. The fraction of sp³-hybridized carbons (Fsp3) is 0.357. The van der Waals surface area contributed by atoms with Crippen molar-refractivity contribution in [2.45, 2.75) is 26.2 Å². The summed E-state index contributed by atoms with van der Waals surface area (Å²) in [4.78, 5) is 11.9. The van der Waals surface area contributed by atoms with Crippen molar-refractivity contribution < 1.29 is 13.9 Å². The quantitative estimate of drug-likeness (QED) is 0.555. The first kappa shape index (κ1) is 13.4. The van der Waals surface area contributed by atoms with Crippen LogP contribution < -0.4 is 4.74 Å². The average Bonchev–Trinajstić information content (AvgIpc) is 2.34. The average molecular weight is 236 g/mol. The van der Waals surface area contributed by atoms with Gasteiger partial charge in [-0.25, -0.2) is 4.39 Å². The highest BCUT2D eigenvalue weighted by atomic mass is 19.1. The van der Waals surface area contributed by atoms with Crippen LogP contribution in [-0.4, -0.2) is 12.9 Å². The molecular formula is C14H17FO2. The lowest BCUT2D eigenvalue weighted by atomic mass is 10.0. The van der Waals surface area contributed by atoms with Gasteiger partial charge in [-0.15, -0.1) is 0 Å². The van der Waals surface area contributed by atoms with Gasteiger partial charge in [-0.05, 0) is 36.6 Å². The molecule has 0 aliphatic rings. The second-order valence-electron chi connectivity index (χ2n) is 3.89. The van der Waals surface area contributed by atoms with Crippen LogP contribution in [0.1, 0.15) is 36.5 Å². The number of benzene rings is 1. The Hall–Kier alpha value is -1.64. The van der Waals surface area contributed by atoms with Crippen LogP contribution in [0.25, 0.3) is 0 Å².